The number of aromatic nitrogens is 2. The Kier molecular flexibility index (Phi) is 4.77. The van der Waals surface area contributed by atoms with E-state index in [1.807, 2.05) is 11.0 Å². The Morgan fingerprint density at radius 2 is 1.57 bits per heavy atom. The molecule has 1 aromatic heterocycles. The maximum atomic E-state index is 13.1. The molecule has 1 aliphatic rings. The molecule has 1 amide bonds. The van der Waals surface area contributed by atoms with Crippen molar-refractivity contribution in [2.24, 2.45) is 0 Å². The zero-order valence-corrected chi connectivity index (χ0v) is 16.6. The molecular formula is C24H23N4O2+. The number of aromatic amines is 1. The van der Waals surface area contributed by atoms with E-state index in [0.717, 1.165) is 19.6 Å². The number of hydrogen-bond acceptors (Lipinski definition) is 3. The number of amides is 1. The SMILES string of the molecule is O=C(c1n[nH]c(=O)c2ccccc12)N1CC[NH+](Cc2cccc3ccccc23)CC1. The minimum atomic E-state index is -0.272. The second-order valence-corrected chi connectivity index (χ2v) is 7.80. The number of nitrogens with one attached hydrogen (secondary N) is 2. The first-order valence-electron chi connectivity index (χ1n) is 10.3. The van der Waals surface area contributed by atoms with Crippen LogP contribution in [-0.4, -0.2) is 47.2 Å². The Morgan fingerprint density at radius 3 is 2.37 bits per heavy atom. The van der Waals surface area contributed by atoms with Crippen molar-refractivity contribution in [2.75, 3.05) is 26.2 Å². The molecule has 0 aliphatic carbocycles. The van der Waals surface area contributed by atoms with Gasteiger partial charge in [-0.05, 0) is 16.8 Å². The summed E-state index contributed by atoms with van der Waals surface area (Å²) in [5.41, 5.74) is 1.39. The number of H-pyrrole nitrogens is 1. The van der Waals surface area contributed by atoms with Gasteiger partial charge in [-0.25, -0.2) is 5.10 Å². The first kappa shape index (κ1) is 18.5. The molecule has 4 aromatic rings. The first-order valence-corrected chi connectivity index (χ1v) is 10.3. The number of benzene rings is 3. The average Bonchev–Trinajstić information content (AvgIpc) is 2.80. The summed E-state index contributed by atoms with van der Waals surface area (Å²) in [6.07, 6.45) is 0. The first-order chi connectivity index (χ1) is 14.7. The van der Waals surface area contributed by atoms with Crippen LogP contribution in [0.4, 0.5) is 0 Å². The lowest BCUT2D eigenvalue weighted by atomic mass is 10.0. The van der Waals surface area contributed by atoms with Crippen molar-refractivity contribution in [3.05, 3.63) is 88.3 Å². The van der Waals surface area contributed by atoms with Gasteiger partial charge in [-0.3, -0.25) is 9.59 Å². The van der Waals surface area contributed by atoms with Gasteiger partial charge in [0.15, 0.2) is 5.69 Å². The number of nitrogens with zero attached hydrogens (tertiary/aromatic N) is 2. The topological polar surface area (TPSA) is 70.5 Å². The van der Waals surface area contributed by atoms with E-state index in [1.54, 1.807) is 18.2 Å². The summed E-state index contributed by atoms with van der Waals surface area (Å²) >= 11 is 0. The minimum Gasteiger partial charge on any atom is -0.328 e. The van der Waals surface area contributed by atoms with Gasteiger partial charge in [-0.15, -0.1) is 0 Å². The fourth-order valence-corrected chi connectivity index (χ4v) is 4.35. The molecule has 6 nitrogen and oxygen atoms in total. The van der Waals surface area contributed by atoms with Crippen molar-refractivity contribution < 1.29 is 9.69 Å². The molecule has 1 fully saturated rings. The van der Waals surface area contributed by atoms with Crippen LogP contribution in [0, 0.1) is 0 Å². The standard InChI is InChI=1S/C24H22N4O2/c29-23-21-11-4-3-10-20(21)22(25-26-23)24(30)28-14-12-27(13-15-28)16-18-8-5-7-17-6-1-2-9-19(17)18/h1-11H,12-16H2,(H,26,29)/p+1. The minimum absolute atomic E-state index is 0.119. The molecule has 1 saturated heterocycles. The van der Waals surface area contributed by atoms with Gasteiger partial charge >= 0.3 is 0 Å². The van der Waals surface area contributed by atoms with Crippen molar-refractivity contribution in [3.8, 4) is 0 Å². The van der Waals surface area contributed by atoms with Gasteiger partial charge in [0, 0.05) is 10.9 Å². The highest BCUT2D eigenvalue weighted by Crippen LogP contribution is 2.18. The largest absolute Gasteiger partial charge is 0.328 e. The number of hydrogen-bond donors (Lipinski definition) is 2. The second-order valence-electron chi connectivity index (χ2n) is 7.80. The van der Waals surface area contributed by atoms with Crippen molar-refractivity contribution in [3.63, 3.8) is 0 Å². The predicted octanol–water partition coefficient (Wildman–Crippen LogP) is 1.62. The fourth-order valence-electron chi connectivity index (χ4n) is 4.35. The molecule has 0 radical (unpaired) electrons. The van der Waals surface area contributed by atoms with Gasteiger partial charge in [-0.1, -0.05) is 60.7 Å². The van der Waals surface area contributed by atoms with Crippen molar-refractivity contribution in [1.29, 1.82) is 0 Å². The normalized spacial score (nSPS) is 15.0. The van der Waals surface area contributed by atoms with E-state index in [9.17, 15) is 9.59 Å². The van der Waals surface area contributed by atoms with Crippen molar-refractivity contribution in [2.45, 2.75) is 6.54 Å². The third-order valence-corrected chi connectivity index (χ3v) is 5.98. The Bertz CT molecular complexity index is 1280. The Labute approximate surface area is 173 Å². The quantitative estimate of drug-likeness (QED) is 0.550. The molecule has 3 aromatic carbocycles. The maximum absolute atomic E-state index is 13.1. The molecule has 6 heteroatoms. The summed E-state index contributed by atoms with van der Waals surface area (Å²) in [4.78, 5) is 28.4. The van der Waals surface area contributed by atoms with Gasteiger partial charge in [0.1, 0.15) is 6.54 Å². The van der Waals surface area contributed by atoms with E-state index in [1.165, 1.54) is 21.2 Å². The second kappa shape index (κ2) is 7.72. The molecule has 1 aliphatic heterocycles. The molecule has 0 atom stereocenters. The van der Waals surface area contributed by atoms with E-state index in [-0.39, 0.29) is 11.5 Å². The number of piperazine rings is 1. The molecule has 2 N–H and O–H groups in total. The van der Waals surface area contributed by atoms with E-state index < -0.39 is 0 Å². The Balaban J connectivity index is 1.31. The highest BCUT2D eigenvalue weighted by Gasteiger charge is 2.27. The lowest BCUT2D eigenvalue weighted by Gasteiger charge is -2.32. The lowest BCUT2D eigenvalue weighted by molar-refractivity contribution is -0.917. The number of quaternary nitrogens is 1. The number of carbonyl (C=O) groups excluding carboxylic acids is 1. The zero-order chi connectivity index (χ0) is 20.5. The van der Waals surface area contributed by atoms with Gasteiger partial charge in [0.2, 0.25) is 0 Å². The van der Waals surface area contributed by atoms with Crippen molar-refractivity contribution in [1.82, 2.24) is 15.1 Å². The molecule has 0 saturated carbocycles. The lowest BCUT2D eigenvalue weighted by Crippen LogP contribution is -3.13. The molecule has 0 bridgehead atoms. The van der Waals surface area contributed by atoms with Crippen LogP contribution in [0.5, 0.6) is 0 Å². The van der Waals surface area contributed by atoms with Gasteiger partial charge < -0.3 is 9.80 Å². The van der Waals surface area contributed by atoms with Crippen LogP contribution in [0.1, 0.15) is 16.1 Å². The Morgan fingerprint density at radius 1 is 0.900 bits per heavy atom. The average molecular weight is 399 g/mol. The Hall–Kier alpha value is -3.51. The third-order valence-electron chi connectivity index (χ3n) is 5.98. The van der Waals surface area contributed by atoms with E-state index in [4.69, 9.17) is 0 Å². The van der Waals surface area contributed by atoms with Crippen LogP contribution in [0.3, 0.4) is 0 Å². The maximum Gasteiger partial charge on any atom is 0.275 e. The highest BCUT2D eigenvalue weighted by atomic mass is 16.2. The van der Waals surface area contributed by atoms with Crippen LogP contribution in [0.25, 0.3) is 21.5 Å². The summed E-state index contributed by atoms with van der Waals surface area (Å²) in [6.45, 7) is 4.07. The van der Waals surface area contributed by atoms with Gasteiger partial charge in [-0.2, -0.15) is 5.10 Å². The summed E-state index contributed by atoms with van der Waals surface area (Å²) < 4.78 is 0. The highest BCUT2D eigenvalue weighted by molar-refractivity contribution is 6.04. The fraction of sp³-hybridized carbons (Fsp3) is 0.208. The molecule has 30 heavy (non-hydrogen) atoms. The summed E-state index contributed by atoms with van der Waals surface area (Å²) in [5.74, 6) is -0.119. The van der Waals surface area contributed by atoms with Crippen LogP contribution >= 0.6 is 0 Å². The van der Waals surface area contributed by atoms with Crippen LogP contribution in [0.2, 0.25) is 0 Å². The number of fused-ring (bicyclic) bond motifs is 2. The van der Waals surface area contributed by atoms with Crippen molar-refractivity contribution >= 4 is 27.5 Å². The zero-order valence-electron chi connectivity index (χ0n) is 16.6. The molecule has 2 heterocycles. The van der Waals surface area contributed by atoms with Crippen LogP contribution in [-0.2, 0) is 6.54 Å². The molecular weight excluding hydrogens is 376 g/mol. The summed E-state index contributed by atoms with van der Waals surface area (Å²) in [7, 11) is 0. The molecule has 0 spiro atoms. The smallest absolute Gasteiger partial charge is 0.275 e. The van der Waals surface area contributed by atoms with E-state index in [0.29, 0.717) is 29.6 Å². The molecule has 150 valence electrons. The molecule has 0 unspecified atom stereocenters. The van der Waals surface area contributed by atoms with Crippen LogP contribution in [0.15, 0.2) is 71.5 Å². The monoisotopic (exact) mass is 399 g/mol. The summed E-state index contributed by atoms with van der Waals surface area (Å²) in [5, 5.41) is 10.2. The van der Waals surface area contributed by atoms with Gasteiger partial charge in [0.05, 0.1) is 31.6 Å². The number of rotatable bonds is 3. The third kappa shape index (κ3) is 3.35. The predicted molar refractivity (Wildman–Crippen MR) is 117 cm³/mol. The van der Waals surface area contributed by atoms with Gasteiger partial charge in [0.25, 0.3) is 11.5 Å². The summed E-state index contributed by atoms with van der Waals surface area (Å²) in [6, 6.07) is 22.1. The van der Waals surface area contributed by atoms with Crippen LogP contribution < -0.4 is 10.5 Å². The number of carbonyl (C=O) groups is 1. The van der Waals surface area contributed by atoms with E-state index in [2.05, 4.69) is 52.7 Å². The molecule has 5 rings (SSSR count). The van der Waals surface area contributed by atoms with E-state index >= 15 is 0 Å².